The zero-order chi connectivity index (χ0) is 19.6. The van der Waals surface area contributed by atoms with Crippen molar-refractivity contribution in [3.8, 4) is 11.5 Å². The largest absolute Gasteiger partial charge is 0.490 e. The van der Waals surface area contributed by atoms with Crippen molar-refractivity contribution in [1.29, 1.82) is 0 Å². The van der Waals surface area contributed by atoms with Crippen LogP contribution in [0.15, 0.2) is 42.5 Å². The minimum Gasteiger partial charge on any atom is -0.490 e. The van der Waals surface area contributed by atoms with Crippen molar-refractivity contribution in [2.75, 3.05) is 25.6 Å². The molecule has 0 fully saturated rings. The predicted molar refractivity (Wildman–Crippen MR) is 104 cm³/mol. The molecule has 6 heteroatoms. The van der Waals surface area contributed by atoms with E-state index in [1.807, 2.05) is 32.0 Å². The van der Waals surface area contributed by atoms with Gasteiger partial charge in [-0.15, -0.1) is 0 Å². The number of benzene rings is 2. The maximum absolute atomic E-state index is 12.2. The molecule has 6 nitrogen and oxygen atoms in total. The Hall–Kier alpha value is -3.02. The fourth-order valence-electron chi connectivity index (χ4n) is 2.57. The second-order valence-electron chi connectivity index (χ2n) is 5.77. The molecule has 0 aliphatic carbocycles. The molecule has 2 aromatic rings. The lowest BCUT2D eigenvalue weighted by Crippen LogP contribution is -2.13. The summed E-state index contributed by atoms with van der Waals surface area (Å²) in [5.74, 6) is 0.808. The van der Waals surface area contributed by atoms with Crippen LogP contribution in [0.25, 0.3) is 0 Å². The van der Waals surface area contributed by atoms with Crippen LogP contribution in [0.2, 0.25) is 0 Å². The third-order valence-electron chi connectivity index (χ3n) is 3.82. The molecule has 0 aromatic heterocycles. The Balaban J connectivity index is 1.97. The fourth-order valence-corrected chi connectivity index (χ4v) is 2.57. The van der Waals surface area contributed by atoms with Crippen LogP contribution in [-0.4, -0.2) is 32.2 Å². The van der Waals surface area contributed by atoms with Gasteiger partial charge >= 0.3 is 5.97 Å². The van der Waals surface area contributed by atoms with E-state index >= 15 is 0 Å². The van der Waals surface area contributed by atoms with E-state index in [0.717, 1.165) is 5.56 Å². The van der Waals surface area contributed by atoms with E-state index in [2.05, 4.69) is 10.1 Å². The van der Waals surface area contributed by atoms with Gasteiger partial charge in [0, 0.05) is 12.1 Å². The SMILES string of the molecule is CCOc1ccc(CCC(=O)Nc2cccc(C(=O)OC)c2)cc1OCC. The number of hydrogen-bond acceptors (Lipinski definition) is 5. The topological polar surface area (TPSA) is 73.9 Å². The number of anilines is 1. The molecule has 0 saturated carbocycles. The Morgan fingerprint density at radius 2 is 1.70 bits per heavy atom. The number of esters is 1. The molecule has 27 heavy (non-hydrogen) atoms. The third kappa shape index (κ3) is 6.02. The number of carbonyl (C=O) groups excluding carboxylic acids is 2. The van der Waals surface area contributed by atoms with Crippen molar-refractivity contribution < 1.29 is 23.8 Å². The average molecular weight is 371 g/mol. The van der Waals surface area contributed by atoms with Gasteiger partial charge in [-0.3, -0.25) is 4.79 Å². The van der Waals surface area contributed by atoms with Gasteiger partial charge in [0.25, 0.3) is 0 Å². The summed E-state index contributed by atoms with van der Waals surface area (Å²) in [6.07, 6.45) is 0.872. The first kappa shape index (κ1) is 20.3. The van der Waals surface area contributed by atoms with Gasteiger partial charge in [-0.1, -0.05) is 12.1 Å². The number of methoxy groups -OCH3 is 1. The third-order valence-corrected chi connectivity index (χ3v) is 3.82. The van der Waals surface area contributed by atoms with Crippen LogP contribution in [0.1, 0.15) is 36.2 Å². The molecule has 2 rings (SSSR count). The van der Waals surface area contributed by atoms with E-state index in [1.165, 1.54) is 7.11 Å². The molecule has 144 valence electrons. The van der Waals surface area contributed by atoms with E-state index < -0.39 is 5.97 Å². The van der Waals surface area contributed by atoms with Crippen molar-refractivity contribution in [3.05, 3.63) is 53.6 Å². The van der Waals surface area contributed by atoms with Crippen molar-refractivity contribution in [1.82, 2.24) is 0 Å². The summed E-state index contributed by atoms with van der Waals surface area (Å²) in [4.78, 5) is 23.8. The Kier molecular flexibility index (Phi) is 7.67. The Bertz CT molecular complexity index is 788. The van der Waals surface area contributed by atoms with Crippen LogP contribution in [-0.2, 0) is 16.0 Å². The monoisotopic (exact) mass is 371 g/mol. The number of hydrogen-bond donors (Lipinski definition) is 1. The highest BCUT2D eigenvalue weighted by atomic mass is 16.5. The summed E-state index contributed by atoms with van der Waals surface area (Å²) in [7, 11) is 1.32. The highest BCUT2D eigenvalue weighted by Gasteiger charge is 2.10. The molecule has 1 amide bonds. The molecule has 0 aliphatic heterocycles. The zero-order valence-corrected chi connectivity index (χ0v) is 15.9. The summed E-state index contributed by atoms with van der Waals surface area (Å²) in [6.45, 7) is 4.94. The van der Waals surface area contributed by atoms with Crippen LogP contribution in [0.3, 0.4) is 0 Å². The quantitative estimate of drug-likeness (QED) is 0.678. The molecule has 0 atom stereocenters. The first-order valence-electron chi connectivity index (χ1n) is 8.94. The van der Waals surface area contributed by atoms with Crippen LogP contribution in [0, 0.1) is 0 Å². The lowest BCUT2D eigenvalue weighted by molar-refractivity contribution is -0.116. The normalized spacial score (nSPS) is 10.2. The van der Waals surface area contributed by atoms with Gasteiger partial charge in [0.1, 0.15) is 0 Å². The Labute approximate surface area is 159 Å². The van der Waals surface area contributed by atoms with Crippen molar-refractivity contribution in [2.24, 2.45) is 0 Å². The van der Waals surface area contributed by atoms with Gasteiger partial charge in [0.05, 0.1) is 25.9 Å². The van der Waals surface area contributed by atoms with Crippen LogP contribution in [0.5, 0.6) is 11.5 Å². The van der Waals surface area contributed by atoms with E-state index in [4.69, 9.17) is 9.47 Å². The van der Waals surface area contributed by atoms with Gasteiger partial charge in [-0.2, -0.15) is 0 Å². The fraction of sp³-hybridized carbons (Fsp3) is 0.333. The first-order valence-corrected chi connectivity index (χ1v) is 8.94. The van der Waals surface area contributed by atoms with Crippen LogP contribution >= 0.6 is 0 Å². The Morgan fingerprint density at radius 3 is 2.41 bits per heavy atom. The van der Waals surface area contributed by atoms with Gasteiger partial charge in [-0.25, -0.2) is 4.79 Å². The Morgan fingerprint density at radius 1 is 0.963 bits per heavy atom. The molecule has 0 heterocycles. The summed E-state index contributed by atoms with van der Waals surface area (Å²) < 4.78 is 15.8. The van der Waals surface area contributed by atoms with E-state index in [-0.39, 0.29) is 5.91 Å². The number of carbonyl (C=O) groups is 2. The summed E-state index contributed by atoms with van der Waals surface area (Å²) >= 11 is 0. The molecular formula is C21H25NO5. The summed E-state index contributed by atoms with van der Waals surface area (Å²) in [6, 6.07) is 12.3. The number of ether oxygens (including phenoxy) is 3. The smallest absolute Gasteiger partial charge is 0.337 e. The highest BCUT2D eigenvalue weighted by Crippen LogP contribution is 2.29. The van der Waals surface area contributed by atoms with Crippen molar-refractivity contribution >= 4 is 17.6 Å². The lowest BCUT2D eigenvalue weighted by Gasteiger charge is -2.12. The maximum atomic E-state index is 12.2. The highest BCUT2D eigenvalue weighted by molar-refractivity contribution is 5.94. The van der Waals surface area contributed by atoms with Crippen molar-refractivity contribution in [3.63, 3.8) is 0 Å². The number of nitrogens with one attached hydrogen (secondary N) is 1. The van der Waals surface area contributed by atoms with E-state index in [9.17, 15) is 9.59 Å². The average Bonchev–Trinajstić information content (AvgIpc) is 2.68. The van der Waals surface area contributed by atoms with Gasteiger partial charge < -0.3 is 19.5 Å². The molecular weight excluding hydrogens is 346 g/mol. The molecule has 0 aliphatic rings. The molecule has 2 aromatic carbocycles. The standard InChI is InChI=1S/C21H25NO5/c1-4-26-18-11-9-15(13-19(18)27-5-2)10-12-20(23)22-17-8-6-7-16(14-17)21(24)25-3/h6-9,11,13-14H,4-5,10,12H2,1-3H3,(H,22,23). The summed E-state index contributed by atoms with van der Waals surface area (Å²) in [5, 5.41) is 2.80. The zero-order valence-electron chi connectivity index (χ0n) is 15.9. The molecule has 0 radical (unpaired) electrons. The molecule has 0 bridgehead atoms. The van der Waals surface area contributed by atoms with Crippen molar-refractivity contribution in [2.45, 2.75) is 26.7 Å². The molecule has 0 spiro atoms. The van der Waals surface area contributed by atoms with Gasteiger partial charge in [-0.05, 0) is 56.2 Å². The van der Waals surface area contributed by atoms with Crippen LogP contribution in [0.4, 0.5) is 5.69 Å². The minimum atomic E-state index is -0.441. The molecule has 1 N–H and O–H groups in total. The number of rotatable bonds is 9. The lowest BCUT2D eigenvalue weighted by atomic mass is 10.1. The first-order chi connectivity index (χ1) is 13.1. The van der Waals surface area contributed by atoms with Crippen LogP contribution < -0.4 is 14.8 Å². The second kappa shape index (κ2) is 10.2. The second-order valence-corrected chi connectivity index (χ2v) is 5.77. The number of amides is 1. The number of aryl methyl sites for hydroxylation is 1. The van der Waals surface area contributed by atoms with E-state index in [1.54, 1.807) is 24.3 Å². The predicted octanol–water partition coefficient (Wildman–Crippen LogP) is 3.84. The van der Waals surface area contributed by atoms with E-state index in [0.29, 0.717) is 48.8 Å². The van der Waals surface area contributed by atoms with Gasteiger partial charge in [0.2, 0.25) is 5.91 Å². The minimum absolute atomic E-state index is 0.135. The molecule has 0 unspecified atom stereocenters. The summed E-state index contributed by atoms with van der Waals surface area (Å²) in [5.41, 5.74) is 1.94. The molecule has 0 saturated heterocycles. The maximum Gasteiger partial charge on any atom is 0.337 e. The van der Waals surface area contributed by atoms with Gasteiger partial charge in [0.15, 0.2) is 11.5 Å².